The molecule has 0 heterocycles. The van der Waals surface area contributed by atoms with Gasteiger partial charge in [-0.25, -0.2) is 4.79 Å². The number of amides is 2. The molecule has 1 saturated carbocycles. The molecule has 1 aliphatic carbocycles. The van der Waals surface area contributed by atoms with E-state index in [-0.39, 0.29) is 18.1 Å². The van der Waals surface area contributed by atoms with Gasteiger partial charge >= 0.3 is 6.03 Å². The number of aliphatic hydroxyl groups is 1. The van der Waals surface area contributed by atoms with Gasteiger partial charge in [0.05, 0.1) is 6.61 Å². The molecule has 0 atom stereocenters. The topological polar surface area (TPSA) is 61.4 Å². The minimum Gasteiger partial charge on any atom is -0.396 e. The van der Waals surface area contributed by atoms with Gasteiger partial charge < -0.3 is 15.7 Å². The van der Waals surface area contributed by atoms with Gasteiger partial charge in [-0.15, -0.1) is 0 Å². The van der Waals surface area contributed by atoms with E-state index >= 15 is 0 Å². The number of benzene rings is 1. The molecule has 1 fully saturated rings. The number of anilines is 1. The van der Waals surface area contributed by atoms with Crippen molar-refractivity contribution in [3.63, 3.8) is 0 Å². The molecule has 1 aromatic carbocycles. The van der Waals surface area contributed by atoms with Crippen molar-refractivity contribution in [1.82, 2.24) is 5.32 Å². The molecular formula is C13H17ClN2O2. The first-order valence-corrected chi connectivity index (χ1v) is 6.43. The van der Waals surface area contributed by atoms with Gasteiger partial charge in [0, 0.05) is 22.7 Å². The first kappa shape index (κ1) is 13.2. The van der Waals surface area contributed by atoms with Gasteiger partial charge in [-0.3, -0.25) is 0 Å². The molecule has 0 radical (unpaired) electrons. The summed E-state index contributed by atoms with van der Waals surface area (Å²) in [6, 6.07) is 6.67. The van der Waals surface area contributed by atoms with E-state index in [0.29, 0.717) is 17.3 Å². The largest absolute Gasteiger partial charge is 0.396 e. The second-order valence-corrected chi connectivity index (χ2v) is 5.26. The highest BCUT2D eigenvalue weighted by molar-refractivity contribution is 6.30. The van der Waals surface area contributed by atoms with Crippen LogP contribution in [0.3, 0.4) is 0 Å². The Kier molecular flexibility index (Phi) is 4.09. The van der Waals surface area contributed by atoms with Crippen LogP contribution in [-0.2, 0) is 0 Å². The predicted octanol–water partition coefficient (Wildman–Crippen LogP) is 2.62. The van der Waals surface area contributed by atoms with Crippen molar-refractivity contribution in [2.75, 3.05) is 18.5 Å². The Balaban J connectivity index is 1.80. The lowest BCUT2D eigenvalue weighted by atomic mass is 9.69. The number of hydrogen-bond acceptors (Lipinski definition) is 2. The van der Waals surface area contributed by atoms with Gasteiger partial charge in [-0.1, -0.05) is 18.0 Å². The maximum atomic E-state index is 11.7. The molecular weight excluding hydrogens is 252 g/mol. The van der Waals surface area contributed by atoms with Gasteiger partial charge in [0.15, 0.2) is 0 Å². The SMILES string of the molecule is O=C(NCC1(CO)CCC1)Nc1ccc(Cl)cc1. The van der Waals surface area contributed by atoms with E-state index in [1.807, 2.05) is 0 Å². The molecule has 0 saturated heterocycles. The van der Waals surface area contributed by atoms with E-state index in [1.165, 1.54) is 0 Å². The Morgan fingerprint density at radius 1 is 1.33 bits per heavy atom. The molecule has 3 N–H and O–H groups in total. The number of carbonyl (C=O) groups is 1. The monoisotopic (exact) mass is 268 g/mol. The van der Waals surface area contributed by atoms with Crippen LogP contribution >= 0.6 is 11.6 Å². The van der Waals surface area contributed by atoms with E-state index in [0.717, 1.165) is 19.3 Å². The first-order valence-electron chi connectivity index (χ1n) is 6.05. The lowest BCUT2D eigenvalue weighted by Gasteiger charge is -2.40. The molecule has 18 heavy (non-hydrogen) atoms. The Morgan fingerprint density at radius 3 is 2.50 bits per heavy atom. The predicted molar refractivity (Wildman–Crippen MR) is 71.8 cm³/mol. The van der Waals surface area contributed by atoms with Crippen molar-refractivity contribution < 1.29 is 9.90 Å². The summed E-state index contributed by atoms with van der Waals surface area (Å²) < 4.78 is 0. The third kappa shape index (κ3) is 3.15. The standard InChI is InChI=1S/C13H17ClN2O2/c14-10-2-4-11(5-3-10)16-12(18)15-8-13(9-17)6-1-7-13/h2-5,17H,1,6-9H2,(H2,15,16,18). The maximum Gasteiger partial charge on any atom is 0.319 e. The van der Waals surface area contributed by atoms with Crippen molar-refractivity contribution in [2.45, 2.75) is 19.3 Å². The Labute approximate surface area is 111 Å². The number of halogens is 1. The van der Waals surface area contributed by atoms with Crippen LogP contribution in [0.1, 0.15) is 19.3 Å². The second kappa shape index (κ2) is 5.59. The van der Waals surface area contributed by atoms with E-state index in [2.05, 4.69) is 10.6 Å². The second-order valence-electron chi connectivity index (χ2n) is 4.83. The van der Waals surface area contributed by atoms with Crippen molar-refractivity contribution in [3.05, 3.63) is 29.3 Å². The van der Waals surface area contributed by atoms with E-state index in [1.54, 1.807) is 24.3 Å². The molecule has 1 aliphatic rings. The number of aliphatic hydroxyl groups excluding tert-OH is 1. The molecule has 2 amide bonds. The maximum absolute atomic E-state index is 11.7. The molecule has 0 aromatic heterocycles. The van der Waals surface area contributed by atoms with Gasteiger partial charge in [-0.2, -0.15) is 0 Å². The quantitative estimate of drug-likeness (QED) is 0.786. The van der Waals surface area contributed by atoms with Gasteiger partial charge in [0.2, 0.25) is 0 Å². The third-order valence-corrected chi connectivity index (χ3v) is 3.73. The van der Waals surface area contributed by atoms with Crippen LogP contribution in [-0.4, -0.2) is 24.3 Å². The fourth-order valence-corrected chi connectivity index (χ4v) is 2.17. The van der Waals surface area contributed by atoms with Crippen LogP contribution in [0.15, 0.2) is 24.3 Å². The fraction of sp³-hybridized carbons (Fsp3) is 0.462. The van der Waals surface area contributed by atoms with Crippen LogP contribution in [0.5, 0.6) is 0 Å². The van der Waals surface area contributed by atoms with Crippen LogP contribution in [0.2, 0.25) is 5.02 Å². The van der Waals surface area contributed by atoms with Crippen molar-refractivity contribution >= 4 is 23.3 Å². The summed E-state index contributed by atoms with van der Waals surface area (Å²) in [5.74, 6) is 0. The average molecular weight is 269 g/mol. The zero-order valence-electron chi connectivity index (χ0n) is 10.1. The molecule has 4 nitrogen and oxygen atoms in total. The number of urea groups is 1. The first-order chi connectivity index (χ1) is 8.63. The van der Waals surface area contributed by atoms with E-state index in [9.17, 15) is 9.90 Å². The minimum atomic E-state index is -0.253. The normalized spacial score (nSPS) is 16.8. The summed E-state index contributed by atoms with van der Waals surface area (Å²) in [5.41, 5.74) is 0.598. The summed E-state index contributed by atoms with van der Waals surface area (Å²) >= 11 is 5.76. The zero-order valence-corrected chi connectivity index (χ0v) is 10.8. The van der Waals surface area contributed by atoms with Crippen molar-refractivity contribution in [2.24, 2.45) is 5.41 Å². The third-order valence-electron chi connectivity index (χ3n) is 3.48. The average Bonchev–Trinajstić information content (AvgIpc) is 2.31. The smallest absolute Gasteiger partial charge is 0.319 e. The minimum absolute atomic E-state index is 0.0999. The molecule has 1 aromatic rings. The summed E-state index contributed by atoms with van der Waals surface area (Å²) in [6.07, 6.45) is 3.08. The van der Waals surface area contributed by atoms with Crippen LogP contribution in [0.25, 0.3) is 0 Å². The highest BCUT2D eigenvalue weighted by Gasteiger charge is 2.36. The highest BCUT2D eigenvalue weighted by Crippen LogP contribution is 2.39. The molecule has 98 valence electrons. The van der Waals surface area contributed by atoms with Crippen molar-refractivity contribution in [3.8, 4) is 0 Å². The van der Waals surface area contributed by atoms with Crippen LogP contribution in [0, 0.1) is 5.41 Å². The Hall–Kier alpha value is -1.26. The van der Waals surface area contributed by atoms with E-state index in [4.69, 9.17) is 11.6 Å². The number of nitrogens with one attached hydrogen (secondary N) is 2. The van der Waals surface area contributed by atoms with Gasteiger partial charge in [0.25, 0.3) is 0 Å². The molecule has 0 unspecified atom stereocenters. The molecule has 2 rings (SSSR count). The summed E-state index contributed by atoms with van der Waals surface area (Å²) in [5, 5.41) is 15.4. The lowest BCUT2D eigenvalue weighted by molar-refractivity contribution is 0.0476. The summed E-state index contributed by atoms with van der Waals surface area (Å²) in [6.45, 7) is 0.650. The van der Waals surface area contributed by atoms with E-state index < -0.39 is 0 Å². The number of rotatable bonds is 4. The fourth-order valence-electron chi connectivity index (χ4n) is 2.04. The van der Waals surface area contributed by atoms with Crippen molar-refractivity contribution in [1.29, 1.82) is 0 Å². The van der Waals surface area contributed by atoms with Gasteiger partial charge in [-0.05, 0) is 37.1 Å². The van der Waals surface area contributed by atoms with Crippen LogP contribution < -0.4 is 10.6 Å². The highest BCUT2D eigenvalue weighted by atomic mass is 35.5. The molecule has 0 aliphatic heterocycles. The number of hydrogen-bond donors (Lipinski definition) is 3. The molecule has 0 spiro atoms. The molecule has 5 heteroatoms. The van der Waals surface area contributed by atoms with Crippen LogP contribution in [0.4, 0.5) is 10.5 Å². The Morgan fingerprint density at radius 2 is 2.00 bits per heavy atom. The summed E-state index contributed by atoms with van der Waals surface area (Å²) in [4.78, 5) is 11.7. The lowest BCUT2D eigenvalue weighted by Crippen LogP contribution is -2.45. The van der Waals surface area contributed by atoms with Gasteiger partial charge in [0.1, 0.15) is 0 Å². The molecule has 0 bridgehead atoms. The summed E-state index contributed by atoms with van der Waals surface area (Å²) in [7, 11) is 0. The number of carbonyl (C=O) groups excluding carboxylic acids is 1. The zero-order chi connectivity index (χ0) is 13.0. The Bertz CT molecular complexity index is 410.